The van der Waals surface area contributed by atoms with Gasteiger partial charge in [0.1, 0.15) is 18.2 Å². The van der Waals surface area contributed by atoms with Gasteiger partial charge in [-0.25, -0.2) is 9.59 Å². The lowest BCUT2D eigenvalue weighted by molar-refractivity contribution is -0.151. The number of esters is 1. The summed E-state index contributed by atoms with van der Waals surface area (Å²) in [5, 5.41) is 6.02. The maximum atomic E-state index is 13.5. The Hall–Kier alpha value is -3.39. The predicted octanol–water partition coefficient (Wildman–Crippen LogP) is 4.86. The first-order chi connectivity index (χ1) is 19.1. The molecule has 40 heavy (non-hydrogen) atoms. The highest BCUT2D eigenvalue weighted by Gasteiger charge is 2.36. The van der Waals surface area contributed by atoms with Crippen molar-refractivity contribution in [2.75, 3.05) is 13.1 Å². The number of rotatable bonds is 12. The van der Waals surface area contributed by atoms with E-state index in [1.54, 1.807) is 0 Å². The van der Waals surface area contributed by atoms with E-state index in [4.69, 9.17) is 9.47 Å². The molecule has 1 aliphatic heterocycles. The average molecular weight is 552 g/mol. The van der Waals surface area contributed by atoms with E-state index in [9.17, 15) is 14.4 Å². The number of amides is 2. The first-order valence-electron chi connectivity index (χ1n) is 14.3. The third-order valence-electron chi connectivity index (χ3n) is 7.16. The fourth-order valence-corrected chi connectivity index (χ4v) is 4.90. The van der Waals surface area contributed by atoms with E-state index >= 15 is 0 Å². The Labute approximate surface area is 238 Å². The number of alkyl carbamates (subject to hydrolysis) is 1. The highest BCUT2D eigenvalue weighted by Crippen LogP contribution is 2.21. The van der Waals surface area contributed by atoms with E-state index in [2.05, 4.69) is 15.5 Å². The molecule has 1 fully saturated rings. The van der Waals surface area contributed by atoms with Gasteiger partial charge in [0.05, 0.1) is 6.04 Å². The van der Waals surface area contributed by atoms with Crippen molar-refractivity contribution in [3.8, 4) is 0 Å². The van der Waals surface area contributed by atoms with Crippen molar-refractivity contribution in [3.63, 3.8) is 0 Å². The first kappa shape index (κ1) is 31.1. The second-order valence-corrected chi connectivity index (χ2v) is 11.7. The summed E-state index contributed by atoms with van der Waals surface area (Å²) in [6, 6.07) is 18.1. The van der Waals surface area contributed by atoms with Gasteiger partial charge < -0.3 is 20.1 Å². The Balaban J connectivity index is 1.67. The monoisotopic (exact) mass is 551 g/mol. The standard InChI is InChI=1S/C32H45N3O5/c1-6-23(2)28(30(37)39-22-25-16-11-8-12-17-25)34-29(36)27-18-13-19-35(27)21-26(20-24-14-9-7-10-15-24)33-31(38)40-32(3,4)5/h7-12,14-17,23,26-28H,6,13,18-22H2,1-5H3,(H,33,38)(H,34,36)/t23-,26?,27-,28-/m0/s1. The molecule has 8 nitrogen and oxygen atoms in total. The molecule has 1 unspecified atom stereocenters. The molecule has 3 rings (SSSR count). The van der Waals surface area contributed by atoms with Crippen LogP contribution in [0.2, 0.25) is 0 Å². The lowest BCUT2D eigenvalue weighted by Crippen LogP contribution is -2.54. The lowest BCUT2D eigenvalue weighted by Gasteiger charge is -2.31. The molecule has 2 amide bonds. The van der Waals surface area contributed by atoms with Gasteiger partial charge in [-0.3, -0.25) is 9.69 Å². The summed E-state index contributed by atoms with van der Waals surface area (Å²) in [5.74, 6) is -0.693. The van der Waals surface area contributed by atoms with E-state index in [-0.39, 0.29) is 24.5 Å². The molecule has 0 aliphatic carbocycles. The highest BCUT2D eigenvalue weighted by molar-refractivity contribution is 5.88. The number of carbonyl (C=O) groups is 3. The minimum atomic E-state index is -0.733. The van der Waals surface area contributed by atoms with E-state index < -0.39 is 29.7 Å². The molecule has 1 aliphatic rings. The van der Waals surface area contributed by atoms with E-state index in [1.165, 1.54) is 0 Å². The van der Waals surface area contributed by atoms with Crippen LogP contribution in [0.4, 0.5) is 4.79 Å². The Kier molecular flexibility index (Phi) is 11.6. The molecule has 2 aromatic carbocycles. The number of likely N-dealkylation sites (tertiary alicyclic amines) is 1. The van der Waals surface area contributed by atoms with Crippen LogP contribution in [0, 0.1) is 5.92 Å². The fourth-order valence-electron chi connectivity index (χ4n) is 4.90. The topological polar surface area (TPSA) is 97.0 Å². The molecule has 0 aromatic heterocycles. The van der Waals surface area contributed by atoms with Crippen molar-refractivity contribution in [1.29, 1.82) is 0 Å². The van der Waals surface area contributed by atoms with Gasteiger partial charge in [-0.2, -0.15) is 0 Å². The molecule has 0 bridgehead atoms. The molecule has 8 heteroatoms. The second-order valence-electron chi connectivity index (χ2n) is 11.7. The quantitative estimate of drug-likeness (QED) is 0.366. The third kappa shape index (κ3) is 9.97. The van der Waals surface area contributed by atoms with Crippen molar-refractivity contribution >= 4 is 18.0 Å². The fraction of sp³-hybridized carbons (Fsp3) is 0.531. The minimum absolute atomic E-state index is 0.0817. The third-order valence-corrected chi connectivity index (χ3v) is 7.16. The van der Waals surface area contributed by atoms with Crippen LogP contribution in [0.25, 0.3) is 0 Å². The largest absolute Gasteiger partial charge is 0.459 e. The van der Waals surface area contributed by atoms with Crippen LogP contribution in [0.3, 0.4) is 0 Å². The van der Waals surface area contributed by atoms with Crippen LogP contribution in [-0.4, -0.2) is 59.7 Å². The maximum Gasteiger partial charge on any atom is 0.407 e. The summed E-state index contributed by atoms with van der Waals surface area (Å²) in [5.41, 5.74) is 1.37. The van der Waals surface area contributed by atoms with Gasteiger partial charge in [0, 0.05) is 12.6 Å². The molecule has 218 valence electrons. The summed E-state index contributed by atoms with van der Waals surface area (Å²) < 4.78 is 11.1. The van der Waals surface area contributed by atoms with Crippen LogP contribution in [0.1, 0.15) is 65.0 Å². The zero-order valence-electron chi connectivity index (χ0n) is 24.5. The number of carbonyl (C=O) groups excluding carboxylic acids is 3. The predicted molar refractivity (Wildman–Crippen MR) is 156 cm³/mol. The molecule has 4 atom stereocenters. The molecule has 1 saturated heterocycles. The normalized spacial score (nSPS) is 17.9. The van der Waals surface area contributed by atoms with E-state index in [0.717, 1.165) is 30.5 Å². The molecule has 0 spiro atoms. The van der Waals surface area contributed by atoms with Gasteiger partial charge in [-0.1, -0.05) is 80.9 Å². The van der Waals surface area contributed by atoms with Crippen LogP contribution in [0.15, 0.2) is 60.7 Å². The van der Waals surface area contributed by atoms with Gasteiger partial charge >= 0.3 is 12.1 Å². The Morgan fingerprint density at radius 1 is 0.975 bits per heavy atom. The summed E-state index contributed by atoms with van der Waals surface area (Å²) in [7, 11) is 0. The van der Waals surface area contributed by atoms with Crippen LogP contribution in [0.5, 0.6) is 0 Å². The SMILES string of the molecule is CC[C@H](C)[C@H](NC(=O)[C@@H]1CCCN1CC(Cc1ccccc1)NC(=O)OC(C)(C)C)C(=O)OCc1ccccc1. The Bertz CT molecular complexity index is 1090. The second kappa shape index (κ2) is 14.8. The Morgan fingerprint density at radius 3 is 2.20 bits per heavy atom. The number of ether oxygens (including phenoxy) is 2. The van der Waals surface area contributed by atoms with E-state index in [0.29, 0.717) is 19.4 Å². The molecule has 0 radical (unpaired) electrons. The van der Waals surface area contributed by atoms with Gasteiger partial charge in [0.25, 0.3) is 0 Å². The molecule has 2 N–H and O–H groups in total. The Morgan fingerprint density at radius 2 is 1.60 bits per heavy atom. The molecule has 0 saturated carbocycles. The van der Waals surface area contributed by atoms with Gasteiger partial charge in [-0.05, 0) is 63.6 Å². The summed E-state index contributed by atoms with van der Waals surface area (Å²) >= 11 is 0. The van der Waals surface area contributed by atoms with Crippen LogP contribution >= 0.6 is 0 Å². The van der Waals surface area contributed by atoms with Crippen molar-refractivity contribution in [1.82, 2.24) is 15.5 Å². The zero-order valence-corrected chi connectivity index (χ0v) is 24.5. The molecule has 2 aromatic rings. The van der Waals surface area contributed by atoms with Gasteiger partial charge in [0.2, 0.25) is 5.91 Å². The number of benzene rings is 2. The van der Waals surface area contributed by atoms with Gasteiger partial charge in [-0.15, -0.1) is 0 Å². The van der Waals surface area contributed by atoms with Crippen molar-refractivity contribution < 1.29 is 23.9 Å². The lowest BCUT2D eigenvalue weighted by atomic mass is 9.98. The summed E-state index contributed by atoms with van der Waals surface area (Å²) in [6.45, 7) is 10.8. The zero-order chi connectivity index (χ0) is 29.1. The minimum Gasteiger partial charge on any atom is -0.459 e. The number of nitrogens with one attached hydrogen (secondary N) is 2. The number of hydrogen-bond donors (Lipinski definition) is 2. The van der Waals surface area contributed by atoms with Gasteiger partial charge in [0.15, 0.2) is 0 Å². The summed E-state index contributed by atoms with van der Waals surface area (Å²) in [4.78, 5) is 41.4. The summed E-state index contributed by atoms with van der Waals surface area (Å²) in [6.07, 6.45) is 2.38. The highest BCUT2D eigenvalue weighted by atomic mass is 16.6. The average Bonchev–Trinajstić information content (AvgIpc) is 3.38. The number of hydrogen-bond acceptors (Lipinski definition) is 6. The molecular weight excluding hydrogens is 506 g/mol. The smallest absolute Gasteiger partial charge is 0.407 e. The van der Waals surface area contributed by atoms with E-state index in [1.807, 2.05) is 95.3 Å². The molecular formula is C32H45N3O5. The van der Waals surface area contributed by atoms with Crippen LogP contribution in [-0.2, 0) is 32.1 Å². The van der Waals surface area contributed by atoms with Crippen LogP contribution < -0.4 is 10.6 Å². The van der Waals surface area contributed by atoms with Crippen molar-refractivity contribution in [2.24, 2.45) is 5.92 Å². The molecule has 1 heterocycles. The van der Waals surface area contributed by atoms with Crippen molar-refractivity contribution in [2.45, 2.75) is 90.6 Å². The van der Waals surface area contributed by atoms with Crippen molar-refractivity contribution in [3.05, 3.63) is 71.8 Å². The maximum absolute atomic E-state index is 13.5. The number of nitrogens with zero attached hydrogens (tertiary/aromatic N) is 1. The first-order valence-corrected chi connectivity index (χ1v) is 14.3.